The number of hydrogen-bond acceptors (Lipinski definition) is 10. The molecule has 0 unspecified atom stereocenters. The minimum atomic E-state index is -2.23. The lowest BCUT2D eigenvalue weighted by atomic mass is 10.0. The van der Waals surface area contributed by atoms with Crippen molar-refractivity contribution in [2.24, 2.45) is 0 Å². The molecule has 1 fully saturated rings. The first-order chi connectivity index (χ1) is 23.1. The maximum Gasteiger partial charge on any atom is 0.410 e. The molecule has 0 aliphatic carbocycles. The standard InChI is InChI=1S/C37H56ClN5O6Si/c1-22-18-26(16-17-45-22)39-33-23(2)32(31-24(3)42-48-25(31)4)40-34(41-33)29-19-27(14-15-30(29)38)46-21-28(49-50(12,13)37(8,9)10)20-43(11)35(44)47-36(5,6)7/h14-15,19,22,26,28H,16-18,20-21H2,1-13H3,(H,39,40,41)/t22-,26-,28-/m1/s1. The second-order valence-electron chi connectivity index (χ2n) is 15.9. The zero-order valence-corrected chi connectivity index (χ0v) is 33.9. The minimum Gasteiger partial charge on any atom is -0.491 e. The topological polar surface area (TPSA) is 121 Å². The van der Waals surface area contributed by atoms with Crippen LogP contribution < -0.4 is 10.1 Å². The molecule has 1 aliphatic rings. The number of rotatable bonds is 11. The van der Waals surface area contributed by atoms with Crippen molar-refractivity contribution in [2.75, 3.05) is 32.1 Å². The Labute approximate surface area is 303 Å². The summed E-state index contributed by atoms with van der Waals surface area (Å²) in [5.74, 6) is 2.42. The average molecular weight is 730 g/mol. The molecule has 276 valence electrons. The van der Waals surface area contributed by atoms with Gasteiger partial charge in [-0.05, 0) is 97.6 Å². The molecule has 0 bridgehead atoms. The summed E-state index contributed by atoms with van der Waals surface area (Å²) in [4.78, 5) is 24.5. The van der Waals surface area contributed by atoms with Crippen molar-refractivity contribution < 1.29 is 28.0 Å². The van der Waals surface area contributed by atoms with Crippen molar-refractivity contribution in [3.63, 3.8) is 0 Å². The van der Waals surface area contributed by atoms with Crippen molar-refractivity contribution >= 4 is 31.8 Å². The summed E-state index contributed by atoms with van der Waals surface area (Å²) < 4.78 is 30.1. The lowest BCUT2D eigenvalue weighted by Crippen LogP contribution is -2.49. The first kappa shape index (κ1) is 39.6. The van der Waals surface area contributed by atoms with Gasteiger partial charge in [-0.1, -0.05) is 37.5 Å². The van der Waals surface area contributed by atoms with E-state index in [1.165, 1.54) is 0 Å². The van der Waals surface area contributed by atoms with Gasteiger partial charge < -0.3 is 33.4 Å². The lowest BCUT2D eigenvalue weighted by Gasteiger charge is -2.40. The van der Waals surface area contributed by atoms with Crippen LogP contribution in [0.2, 0.25) is 23.2 Å². The maximum atomic E-state index is 12.9. The fourth-order valence-electron chi connectivity index (χ4n) is 5.56. The van der Waals surface area contributed by atoms with Gasteiger partial charge in [-0.3, -0.25) is 0 Å². The molecule has 3 aromatic rings. The summed E-state index contributed by atoms with van der Waals surface area (Å²) in [5, 5.41) is 8.30. The highest BCUT2D eigenvalue weighted by Gasteiger charge is 2.40. The highest BCUT2D eigenvalue weighted by Crippen LogP contribution is 2.39. The van der Waals surface area contributed by atoms with Gasteiger partial charge in [0.15, 0.2) is 14.1 Å². The highest BCUT2D eigenvalue weighted by atomic mass is 35.5. The summed E-state index contributed by atoms with van der Waals surface area (Å²) >= 11 is 6.85. The third-order valence-corrected chi connectivity index (χ3v) is 14.2. The largest absolute Gasteiger partial charge is 0.491 e. The van der Waals surface area contributed by atoms with E-state index in [-0.39, 0.29) is 23.8 Å². The van der Waals surface area contributed by atoms with Crippen molar-refractivity contribution in [3.05, 3.63) is 40.2 Å². The first-order valence-electron chi connectivity index (χ1n) is 17.4. The van der Waals surface area contributed by atoms with Crippen LogP contribution in [0.4, 0.5) is 10.6 Å². The monoisotopic (exact) mass is 729 g/mol. The number of nitrogens with one attached hydrogen (secondary N) is 1. The van der Waals surface area contributed by atoms with Crippen LogP contribution in [0.3, 0.4) is 0 Å². The Morgan fingerprint density at radius 3 is 2.44 bits per heavy atom. The molecular formula is C37H56ClN5O6Si. The van der Waals surface area contributed by atoms with Crippen LogP contribution >= 0.6 is 11.6 Å². The van der Waals surface area contributed by atoms with Crippen LogP contribution in [0.15, 0.2) is 22.7 Å². The number of hydrogen-bond donors (Lipinski definition) is 1. The number of benzene rings is 1. The van der Waals surface area contributed by atoms with Crippen LogP contribution in [0, 0.1) is 20.8 Å². The molecule has 3 atom stereocenters. The van der Waals surface area contributed by atoms with Crippen molar-refractivity contribution in [3.8, 4) is 28.4 Å². The van der Waals surface area contributed by atoms with Crippen molar-refractivity contribution in [1.82, 2.24) is 20.0 Å². The SMILES string of the molecule is Cc1noc(C)c1-c1nc(-c2cc(OC[C@@H](CN(C)C(=O)OC(C)(C)C)O[Si](C)(C)C(C)(C)C)ccc2Cl)nc(N[C@@H]2CCO[C@H](C)C2)c1C. The Balaban J connectivity index is 1.68. The number of likely N-dealkylation sites (N-methyl/N-ethyl adjacent to an activating group) is 1. The maximum absolute atomic E-state index is 12.9. The summed E-state index contributed by atoms with van der Waals surface area (Å²) in [5.41, 5.74) is 3.20. The molecule has 0 radical (unpaired) electrons. The Bertz CT molecular complexity index is 1630. The number of carbonyl (C=O) groups excluding carboxylic acids is 1. The number of nitrogens with zero attached hydrogens (tertiary/aromatic N) is 4. The van der Waals surface area contributed by atoms with Gasteiger partial charge in [-0.2, -0.15) is 0 Å². The smallest absolute Gasteiger partial charge is 0.410 e. The van der Waals surface area contributed by atoms with E-state index in [2.05, 4.69) is 51.3 Å². The Hall–Kier alpha value is -3.19. The molecule has 50 heavy (non-hydrogen) atoms. The second kappa shape index (κ2) is 15.6. The Morgan fingerprint density at radius 1 is 1.14 bits per heavy atom. The molecule has 1 N–H and O–H groups in total. The lowest BCUT2D eigenvalue weighted by molar-refractivity contribution is 0.0172. The summed E-state index contributed by atoms with van der Waals surface area (Å²) in [6.07, 6.45) is 1.06. The zero-order valence-electron chi connectivity index (χ0n) is 32.1. The third-order valence-electron chi connectivity index (χ3n) is 9.31. The number of aromatic nitrogens is 3. The number of halogens is 1. The van der Waals surface area contributed by atoms with E-state index in [1.54, 1.807) is 18.0 Å². The summed E-state index contributed by atoms with van der Waals surface area (Å²) in [6.45, 7) is 25.5. The molecule has 1 saturated heterocycles. The normalized spacial score (nSPS) is 17.7. The van der Waals surface area contributed by atoms with Gasteiger partial charge in [-0.15, -0.1) is 0 Å². The van der Waals surface area contributed by atoms with Gasteiger partial charge in [0.25, 0.3) is 0 Å². The van der Waals surface area contributed by atoms with Gasteiger partial charge in [0.1, 0.15) is 29.5 Å². The van der Waals surface area contributed by atoms with E-state index in [9.17, 15) is 4.79 Å². The van der Waals surface area contributed by atoms with Gasteiger partial charge in [0, 0.05) is 30.8 Å². The molecule has 1 aromatic carbocycles. The van der Waals surface area contributed by atoms with E-state index in [0.717, 1.165) is 41.2 Å². The number of ether oxygens (including phenoxy) is 3. The van der Waals surface area contributed by atoms with Crippen LogP contribution in [-0.4, -0.2) is 85.1 Å². The Kier molecular flexibility index (Phi) is 12.3. The van der Waals surface area contributed by atoms with E-state index in [4.69, 9.17) is 44.7 Å². The average Bonchev–Trinajstić information content (AvgIpc) is 3.33. The highest BCUT2D eigenvalue weighted by molar-refractivity contribution is 6.74. The molecular weight excluding hydrogens is 674 g/mol. The molecule has 4 rings (SSSR count). The van der Waals surface area contributed by atoms with Crippen molar-refractivity contribution in [1.29, 1.82) is 0 Å². The molecule has 11 nitrogen and oxygen atoms in total. The molecule has 2 aromatic heterocycles. The second-order valence-corrected chi connectivity index (χ2v) is 21.1. The summed E-state index contributed by atoms with van der Waals surface area (Å²) in [7, 11) is -0.515. The van der Waals surface area contributed by atoms with Crippen molar-refractivity contribution in [2.45, 2.75) is 124 Å². The van der Waals surface area contributed by atoms with Crippen LogP contribution in [0.1, 0.15) is 78.3 Å². The molecule has 1 aliphatic heterocycles. The third kappa shape index (κ3) is 9.98. The quantitative estimate of drug-likeness (QED) is 0.191. The van der Waals surface area contributed by atoms with Crippen LogP contribution in [-0.2, 0) is 13.9 Å². The molecule has 0 saturated carbocycles. The fourth-order valence-corrected chi connectivity index (χ4v) is 7.09. The zero-order chi connectivity index (χ0) is 37.2. The first-order valence-corrected chi connectivity index (χ1v) is 20.7. The minimum absolute atomic E-state index is 0.0423. The van der Waals surface area contributed by atoms with Crippen LogP contribution in [0.25, 0.3) is 22.6 Å². The number of carbonyl (C=O) groups is 1. The molecule has 3 heterocycles. The number of anilines is 1. The molecule has 0 spiro atoms. The number of amides is 1. The van der Waals surface area contributed by atoms with E-state index < -0.39 is 26.1 Å². The number of aryl methyl sites for hydroxylation is 2. The fraction of sp³-hybridized carbons (Fsp3) is 0.622. The van der Waals surface area contributed by atoms with Gasteiger partial charge >= 0.3 is 6.09 Å². The van der Waals surface area contributed by atoms with Gasteiger partial charge in [0.2, 0.25) is 0 Å². The molecule has 13 heteroatoms. The van der Waals surface area contributed by atoms with Gasteiger partial charge in [0.05, 0.1) is 40.7 Å². The Morgan fingerprint density at radius 2 is 1.84 bits per heavy atom. The van der Waals surface area contributed by atoms with E-state index in [1.807, 2.05) is 53.7 Å². The van der Waals surface area contributed by atoms with Gasteiger partial charge in [-0.25, -0.2) is 14.8 Å². The van der Waals surface area contributed by atoms with Crippen LogP contribution in [0.5, 0.6) is 5.75 Å². The molecule has 1 amide bonds. The van der Waals surface area contributed by atoms with E-state index >= 15 is 0 Å². The van der Waals surface area contributed by atoms with E-state index in [0.29, 0.717) is 41.1 Å². The summed E-state index contributed by atoms with van der Waals surface area (Å²) in [6, 6.07) is 5.65. The predicted octanol–water partition coefficient (Wildman–Crippen LogP) is 8.99. The predicted molar refractivity (Wildman–Crippen MR) is 201 cm³/mol.